The second-order valence-electron chi connectivity index (χ2n) is 5.29. The maximum atomic E-state index is 5.78. The van der Waals surface area contributed by atoms with Gasteiger partial charge < -0.3 is 4.74 Å². The number of aromatic amines is 1. The minimum atomic E-state index is 0.231. The van der Waals surface area contributed by atoms with Crippen LogP contribution in [0, 0.1) is 0 Å². The first-order chi connectivity index (χ1) is 10.8. The minimum absolute atomic E-state index is 0.231. The summed E-state index contributed by atoms with van der Waals surface area (Å²) >= 11 is 0. The van der Waals surface area contributed by atoms with E-state index >= 15 is 0 Å². The van der Waals surface area contributed by atoms with Crippen LogP contribution in [-0.4, -0.2) is 20.6 Å². The number of H-pyrrole nitrogens is 1. The molecule has 112 valence electrons. The van der Waals surface area contributed by atoms with Gasteiger partial charge in [0.25, 0.3) is 0 Å². The lowest BCUT2D eigenvalue weighted by Crippen LogP contribution is -2.01. The van der Waals surface area contributed by atoms with Gasteiger partial charge in [0.05, 0.1) is 0 Å². The molecular weight excluding hydrogens is 276 g/mol. The summed E-state index contributed by atoms with van der Waals surface area (Å²) in [6.45, 7) is 2.67. The molecule has 0 fully saturated rings. The Morgan fingerprint density at radius 1 is 1.00 bits per heavy atom. The van der Waals surface area contributed by atoms with Crippen LogP contribution in [0.5, 0.6) is 5.75 Å². The SMILES string of the molecule is C[C@@H](Cc1ccc(OCc2ccccc2)cc1)c1nn[nH]n1. The van der Waals surface area contributed by atoms with Crippen molar-refractivity contribution in [3.8, 4) is 5.75 Å². The molecule has 5 nitrogen and oxygen atoms in total. The van der Waals surface area contributed by atoms with Gasteiger partial charge in [-0.15, -0.1) is 10.2 Å². The van der Waals surface area contributed by atoms with Gasteiger partial charge in [-0.2, -0.15) is 5.21 Å². The molecule has 0 aliphatic rings. The van der Waals surface area contributed by atoms with Crippen LogP contribution in [0.15, 0.2) is 54.6 Å². The van der Waals surface area contributed by atoms with E-state index in [-0.39, 0.29) is 5.92 Å². The number of ether oxygens (including phenoxy) is 1. The van der Waals surface area contributed by atoms with Gasteiger partial charge in [-0.25, -0.2) is 0 Å². The van der Waals surface area contributed by atoms with Crippen molar-refractivity contribution in [2.24, 2.45) is 0 Å². The zero-order valence-electron chi connectivity index (χ0n) is 12.4. The van der Waals surface area contributed by atoms with E-state index < -0.39 is 0 Å². The molecule has 1 aromatic heterocycles. The predicted molar refractivity (Wildman–Crippen MR) is 83.5 cm³/mol. The molecule has 0 radical (unpaired) electrons. The fourth-order valence-electron chi connectivity index (χ4n) is 2.29. The second-order valence-corrected chi connectivity index (χ2v) is 5.29. The van der Waals surface area contributed by atoms with Gasteiger partial charge in [-0.1, -0.05) is 54.6 Å². The Labute approximate surface area is 129 Å². The van der Waals surface area contributed by atoms with E-state index in [1.165, 1.54) is 5.56 Å². The summed E-state index contributed by atoms with van der Waals surface area (Å²) in [6.07, 6.45) is 0.874. The number of benzene rings is 2. The lowest BCUT2D eigenvalue weighted by atomic mass is 10.0. The molecule has 0 spiro atoms. The Morgan fingerprint density at radius 2 is 1.77 bits per heavy atom. The van der Waals surface area contributed by atoms with E-state index in [2.05, 4.69) is 51.8 Å². The molecule has 0 bridgehead atoms. The highest BCUT2D eigenvalue weighted by Crippen LogP contribution is 2.19. The van der Waals surface area contributed by atoms with Crippen molar-refractivity contribution in [2.75, 3.05) is 0 Å². The highest BCUT2D eigenvalue weighted by atomic mass is 16.5. The smallest absolute Gasteiger partial charge is 0.177 e. The Balaban J connectivity index is 1.56. The molecule has 1 N–H and O–H groups in total. The second kappa shape index (κ2) is 6.85. The topological polar surface area (TPSA) is 63.7 Å². The van der Waals surface area contributed by atoms with Crippen LogP contribution in [0.4, 0.5) is 0 Å². The Morgan fingerprint density at radius 3 is 2.45 bits per heavy atom. The van der Waals surface area contributed by atoms with Gasteiger partial charge in [0.15, 0.2) is 5.82 Å². The normalized spacial score (nSPS) is 12.0. The number of nitrogens with zero attached hydrogens (tertiary/aromatic N) is 3. The number of nitrogens with one attached hydrogen (secondary N) is 1. The molecule has 0 amide bonds. The largest absolute Gasteiger partial charge is 0.489 e. The molecule has 1 heterocycles. The molecule has 0 aliphatic carbocycles. The molecule has 0 saturated heterocycles. The quantitative estimate of drug-likeness (QED) is 0.758. The minimum Gasteiger partial charge on any atom is -0.489 e. The summed E-state index contributed by atoms with van der Waals surface area (Å²) in [7, 11) is 0. The summed E-state index contributed by atoms with van der Waals surface area (Å²) in [6, 6.07) is 18.3. The first kappa shape index (κ1) is 14.3. The maximum absolute atomic E-state index is 5.78. The fraction of sp³-hybridized carbons (Fsp3) is 0.235. The first-order valence-corrected chi connectivity index (χ1v) is 7.30. The summed E-state index contributed by atoms with van der Waals surface area (Å²) in [5, 5.41) is 14.1. The van der Waals surface area contributed by atoms with Gasteiger partial charge in [0.2, 0.25) is 0 Å². The summed E-state index contributed by atoms with van der Waals surface area (Å²) < 4.78 is 5.78. The summed E-state index contributed by atoms with van der Waals surface area (Å²) in [5.74, 6) is 1.85. The maximum Gasteiger partial charge on any atom is 0.177 e. The van der Waals surface area contributed by atoms with Crippen molar-refractivity contribution < 1.29 is 4.74 Å². The van der Waals surface area contributed by atoms with Crippen LogP contribution in [0.3, 0.4) is 0 Å². The van der Waals surface area contributed by atoms with Gasteiger partial charge in [-0.05, 0) is 29.7 Å². The van der Waals surface area contributed by atoms with Crippen molar-refractivity contribution in [3.05, 3.63) is 71.5 Å². The molecule has 0 saturated carbocycles. The number of hydrogen-bond acceptors (Lipinski definition) is 4. The van der Waals surface area contributed by atoms with Crippen molar-refractivity contribution in [1.29, 1.82) is 0 Å². The van der Waals surface area contributed by atoms with E-state index in [4.69, 9.17) is 4.74 Å². The molecule has 22 heavy (non-hydrogen) atoms. The lowest BCUT2D eigenvalue weighted by Gasteiger charge is -2.09. The van der Waals surface area contributed by atoms with Gasteiger partial charge in [0.1, 0.15) is 12.4 Å². The average molecular weight is 294 g/mol. The average Bonchev–Trinajstić information content (AvgIpc) is 3.10. The summed E-state index contributed by atoms with van der Waals surface area (Å²) in [4.78, 5) is 0. The van der Waals surface area contributed by atoms with E-state index in [1.807, 2.05) is 30.3 Å². The number of rotatable bonds is 6. The van der Waals surface area contributed by atoms with Gasteiger partial charge in [-0.3, -0.25) is 0 Å². The lowest BCUT2D eigenvalue weighted by molar-refractivity contribution is 0.306. The highest BCUT2D eigenvalue weighted by molar-refractivity contribution is 5.28. The Bertz CT molecular complexity index is 680. The molecule has 3 aromatic rings. The highest BCUT2D eigenvalue weighted by Gasteiger charge is 2.11. The molecule has 1 atom stereocenters. The molecule has 5 heteroatoms. The Kier molecular flexibility index (Phi) is 4.44. The van der Waals surface area contributed by atoms with E-state index in [9.17, 15) is 0 Å². The number of tetrazole rings is 1. The molecular formula is C17H18N4O. The third-order valence-electron chi connectivity index (χ3n) is 3.52. The predicted octanol–water partition coefficient (Wildman–Crippen LogP) is 3.12. The van der Waals surface area contributed by atoms with Crippen molar-refractivity contribution in [2.45, 2.75) is 25.9 Å². The van der Waals surface area contributed by atoms with E-state index in [0.29, 0.717) is 6.61 Å². The standard InChI is InChI=1S/C17H18N4O/c1-13(17-18-20-21-19-17)11-14-7-9-16(10-8-14)22-12-15-5-3-2-4-6-15/h2-10,13H,11-12H2,1H3,(H,18,19,20,21)/t13-/m0/s1. The zero-order chi connectivity index (χ0) is 15.2. The van der Waals surface area contributed by atoms with E-state index in [1.54, 1.807) is 0 Å². The molecule has 0 aliphatic heterocycles. The van der Waals surface area contributed by atoms with Crippen LogP contribution in [0.25, 0.3) is 0 Å². The Hall–Kier alpha value is -2.69. The third kappa shape index (κ3) is 3.69. The van der Waals surface area contributed by atoms with Crippen LogP contribution in [0.2, 0.25) is 0 Å². The van der Waals surface area contributed by atoms with Crippen LogP contribution in [0.1, 0.15) is 29.8 Å². The van der Waals surface area contributed by atoms with Crippen LogP contribution < -0.4 is 4.74 Å². The zero-order valence-corrected chi connectivity index (χ0v) is 12.4. The first-order valence-electron chi connectivity index (χ1n) is 7.30. The number of aromatic nitrogens is 4. The third-order valence-corrected chi connectivity index (χ3v) is 3.52. The van der Waals surface area contributed by atoms with Crippen molar-refractivity contribution >= 4 is 0 Å². The van der Waals surface area contributed by atoms with Crippen LogP contribution >= 0.6 is 0 Å². The van der Waals surface area contributed by atoms with Crippen molar-refractivity contribution in [1.82, 2.24) is 20.6 Å². The fourth-order valence-corrected chi connectivity index (χ4v) is 2.29. The molecule has 2 aromatic carbocycles. The van der Waals surface area contributed by atoms with E-state index in [0.717, 1.165) is 23.6 Å². The molecule has 3 rings (SSSR count). The molecule has 0 unspecified atom stereocenters. The van der Waals surface area contributed by atoms with Gasteiger partial charge in [0, 0.05) is 5.92 Å². The van der Waals surface area contributed by atoms with Crippen molar-refractivity contribution in [3.63, 3.8) is 0 Å². The van der Waals surface area contributed by atoms with Crippen LogP contribution in [-0.2, 0) is 13.0 Å². The number of hydrogen-bond donors (Lipinski definition) is 1. The monoisotopic (exact) mass is 294 g/mol. The summed E-state index contributed by atoms with van der Waals surface area (Å²) in [5.41, 5.74) is 2.39. The van der Waals surface area contributed by atoms with Gasteiger partial charge >= 0.3 is 0 Å².